The fourth-order valence-electron chi connectivity index (χ4n) is 4.25. The van der Waals surface area contributed by atoms with Crippen LogP contribution in [-0.4, -0.2) is 46.7 Å². The van der Waals surface area contributed by atoms with E-state index in [2.05, 4.69) is 18.9 Å². The Bertz CT molecular complexity index is 1120. The van der Waals surface area contributed by atoms with Crippen LogP contribution in [0, 0.1) is 0 Å². The number of thioether (sulfide) groups is 1. The number of nitrogens with one attached hydrogen (secondary N) is 1. The Morgan fingerprint density at radius 3 is 2.88 bits per heavy atom. The summed E-state index contributed by atoms with van der Waals surface area (Å²) in [6, 6.07) is 5.54. The van der Waals surface area contributed by atoms with Crippen LogP contribution >= 0.6 is 11.8 Å². The fraction of sp³-hybridized carbons (Fsp3) is 0.500. The zero-order valence-electron chi connectivity index (χ0n) is 18.6. The van der Waals surface area contributed by atoms with Crippen molar-refractivity contribution in [3.63, 3.8) is 0 Å². The first-order valence-electron chi connectivity index (χ1n) is 10.5. The van der Waals surface area contributed by atoms with Gasteiger partial charge in [-0.3, -0.25) is 19.4 Å². The van der Waals surface area contributed by atoms with Gasteiger partial charge in [-0.2, -0.15) is 0 Å². The maximum Gasteiger partial charge on any atom is 0.271 e. The number of nitrogens with zero attached hydrogens (tertiary/aromatic N) is 2. The summed E-state index contributed by atoms with van der Waals surface area (Å²) in [7, 11) is 1.52. The van der Waals surface area contributed by atoms with Gasteiger partial charge >= 0.3 is 0 Å². The Morgan fingerprint density at radius 1 is 1.41 bits per heavy atom. The third-order valence-electron chi connectivity index (χ3n) is 5.65. The van der Waals surface area contributed by atoms with Gasteiger partial charge in [0.25, 0.3) is 11.5 Å². The summed E-state index contributed by atoms with van der Waals surface area (Å²) in [5.41, 5.74) is 6.26. The van der Waals surface area contributed by atoms with Gasteiger partial charge < -0.3 is 19.9 Å². The number of carbonyl (C=O) groups is 1. The Morgan fingerprint density at radius 2 is 2.19 bits per heavy atom. The number of aliphatic imine (C=N–C) groups is 1. The SMILES string of the molecule is COc1ccc([C@H]2SC(C)=Nc3c2c(=O)[nH]n3[C@H]2CCOC(C)(C)C2)cc1OCC(N)=O. The van der Waals surface area contributed by atoms with E-state index in [1.807, 2.05) is 17.7 Å². The molecule has 3 N–H and O–H groups in total. The molecule has 0 spiro atoms. The molecule has 1 aromatic carbocycles. The van der Waals surface area contributed by atoms with Gasteiger partial charge in [0.2, 0.25) is 0 Å². The van der Waals surface area contributed by atoms with Gasteiger partial charge in [-0.05, 0) is 51.3 Å². The van der Waals surface area contributed by atoms with E-state index in [0.29, 0.717) is 29.5 Å². The molecule has 0 aliphatic carbocycles. The molecular formula is C22H28N4O5S. The first-order chi connectivity index (χ1) is 15.2. The number of primary amides is 1. The fourth-order valence-corrected chi connectivity index (χ4v) is 5.34. The summed E-state index contributed by atoms with van der Waals surface area (Å²) >= 11 is 1.51. The van der Waals surface area contributed by atoms with Gasteiger partial charge in [-0.1, -0.05) is 17.8 Å². The molecule has 9 nitrogen and oxygen atoms in total. The summed E-state index contributed by atoms with van der Waals surface area (Å²) in [6.45, 7) is 6.42. The number of benzene rings is 1. The lowest BCUT2D eigenvalue weighted by Gasteiger charge is -2.36. The zero-order valence-corrected chi connectivity index (χ0v) is 19.5. The molecule has 1 saturated heterocycles. The summed E-state index contributed by atoms with van der Waals surface area (Å²) in [4.78, 5) is 29.0. The standard InChI is InChI=1S/C22H28N4O5S/c1-12-24-20-18(21(28)25-26(20)14-7-8-31-22(2,3)10-14)19(32-12)13-5-6-15(29-4)16(9-13)30-11-17(23)27/h5-6,9,14,19H,7-8,10-11H2,1-4H3,(H2,23,27)(H,25,28)/t14-,19+/m0/s1. The molecule has 2 aliphatic rings. The van der Waals surface area contributed by atoms with Crippen LogP contribution in [0.2, 0.25) is 0 Å². The van der Waals surface area contributed by atoms with Gasteiger partial charge in [0.1, 0.15) is 0 Å². The van der Waals surface area contributed by atoms with E-state index in [9.17, 15) is 9.59 Å². The summed E-state index contributed by atoms with van der Waals surface area (Å²) in [5.74, 6) is 0.961. The number of hydrogen-bond acceptors (Lipinski definition) is 7. The number of fused-ring (bicyclic) bond motifs is 1. The van der Waals surface area contributed by atoms with Crippen molar-refractivity contribution < 1.29 is 19.0 Å². The number of hydrogen-bond donors (Lipinski definition) is 2. The Labute approximate surface area is 190 Å². The Hall–Kier alpha value is -2.72. The Kier molecular flexibility index (Phi) is 6.09. The van der Waals surface area contributed by atoms with Crippen molar-refractivity contribution in [1.29, 1.82) is 0 Å². The molecular weight excluding hydrogens is 432 g/mol. The molecule has 1 aromatic heterocycles. The number of aromatic amines is 1. The minimum atomic E-state index is -0.581. The number of carbonyl (C=O) groups excluding carboxylic acids is 1. The van der Waals surface area contributed by atoms with E-state index >= 15 is 0 Å². The lowest BCUT2D eigenvalue weighted by Crippen LogP contribution is -2.35. The highest BCUT2D eigenvalue weighted by Crippen LogP contribution is 2.46. The molecule has 172 valence electrons. The van der Waals surface area contributed by atoms with Crippen LogP contribution in [0.15, 0.2) is 28.0 Å². The minimum absolute atomic E-state index is 0.0980. The van der Waals surface area contributed by atoms with Crippen molar-refractivity contribution in [2.45, 2.75) is 50.5 Å². The third kappa shape index (κ3) is 4.42. The van der Waals surface area contributed by atoms with Crippen LogP contribution in [0.3, 0.4) is 0 Å². The highest BCUT2D eigenvalue weighted by Gasteiger charge is 2.36. The molecule has 3 heterocycles. The lowest BCUT2D eigenvalue weighted by molar-refractivity contribution is -0.119. The van der Waals surface area contributed by atoms with Crippen LogP contribution in [0.1, 0.15) is 56.0 Å². The number of amides is 1. The summed E-state index contributed by atoms with van der Waals surface area (Å²) in [5, 5.41) is 3.61. The van der Waals surface area contributed by atoms with Crippen molar-refractivity contribution in [1.82, 2.24) is 9.78 Å². The van der Waals surface area contributed by atoms with Crippen molar-refractivity contribution in [3.05, 3.63) is 39.7 Å². The maximum absolute atomic E-state index is 13.1. The van der Waals surface area contributed by atoms with Gasteiger partial charge in [0, 0.05) is 6.61 Å². The molecule has 0 saturated carbocycles. The highest BCUT2D eigenvalue weighted by molar-refractivity contribution is 8.14. The molecule has 1 fully saturated rings. The van der Waals surface area contributed by atoms with Gasteiger partial charge in [-0.25, -0.2) is 4.99 Å². The first kappa shape index (κ1) is 22.5. The summed E-state index contributed by atoms with van der Waals surface area (Å²) in [6.07, 6.45) is 1.59. The van der Waals surface area contributed by atoms with Crippen LogP contribution in [0.25, 0.3) is 0 Å². The van der Waals surface area contributed by atoms with E-state index in [-0.39, 0.29) is 29.1 Å². The van der Waals surface area contributed by atoms with Crippen LogP contribution in [0.5, 0.6) is 11.5 Å². The smallest absolute Gasteiger partial charge is 0.271 e. The zero-order chi connectivity index (χ0) is 23.0. The molecule has 0 radical (unpaired) electrons. The number of methoxy groups -OCH3 is 1. The van der Waals surface area contributed by atoms with E-state index < -0.39 is 5.91 Å². The predicted octanol–water partition coefficient (Wildman–Crippen LogP) is 3.07. The average Bonchev–Trinajstić information content (AvgIpc) is 3.07. The minimum Gasteiger partial charge on any atom is -0.493 e. The molecule has 0 unspecified atom stereocenters. The number of rotatable bonds is 6. The van der Waals surface area contributed by atoms with E-state index in [0.717, 1.165) is 23.4 Å². The first-order valence-corrected chi connectivity index (χ1v) is 11.4. The lowest BCUT2D eigenvalue weighted by atomic mass is 9.94. The van der Waals surface area contributed by atoms with Crippen molar-refractivity contribution >= 4 is 28.5 Å². The molecule has 4 rings (SSSR count). The molecule has 2 aromatic rings. The second-order valence-electron chi connectivity index (χ2n) is 8.60. The predicted molar refractivity (Wildman–Crippen MR) is 123 cm³/mol. The van der Waals surface area contributed by atoms with E-state index in [1.54, 1.807) is 12.1 Å². The van der Waals surface area contributed by atoms with Crippen LogP contribution in [-0.2, 0) is 9.53 Å². The number of ether oxygens (including phenoxy) is 3. The van der Waals surface area contributed by atoms with Gasteiger partial charge in [0.15, 0.2) is 23.9 Å². The largest absolute Gasteiger partial charge is 0.493 e. The van der Waals surface area contributed by atoms with Crippen LogP contribution < -0.4 is 20.8 Å². The molecule has 0 bridgehead atoms. The topological polar surface area (TPSA) is 121 Å². The van der Waals surface area contributed by atoms with Crippen LogP contribution in [0.4, 0.5) is 5.82 Å². The molecule has 2 aliphatic heterocycles. The quantitative estimate of drug-likeness (QED) is 0.683. The average molecular weight is 461 g/mol. The van der Waals surface area contributed by atoms with Crippen molar-refractivity contribution in [2.75, 3.05) is 20.3 Å². The molecule has 1 amide bonds. The molecule has 2 atom stereocenters. The number of nitrogens with two attached hydrogens (primary N) is 1. The van der Waals surface area contributed by atoms with Gasteiger partial charge in [-0.15, -0.1) is 0 Å². The molecule has 10 heteroatoms. The van der Waals surface area contributed by atoms with Crippen molar-refractivity contribution in [2.24, 2.45) is 10.7 Å². The Balaban J connectivity index is 1.74. The van der Waals surface area contributed by atoms with Crippen molar-refractivity contribution in [3.8, 4) is 11.5 Å². The highest BCUT2D eigenvalue weighted by atomic mass is 32.2. The molecule has 32 heavy (non-hydrogen) atoms. The second-order valence-corrected chi connectivity index (χ2v) is 9.89. The maximum atomic E-state index is 13.1. The van der Waals surface area contributed by atoms with E-state index in [4.69, 9.17) is 24.9 Å². The third-order valence-corrected chi connectivity index (χ3v) is 6.82. The summed E-state index contributed by atoms with van der Waals surface area (Å²) < 4.78 is 18.7. The number of H-pyrrole nitrogens is 1. The monoisotopic (exact) mass is 460 g/mol. The number of aromatic nitrogens is 2. The normalized spacial score (nSPS) is 22.1. The van der Waals surface area contributed by atoms with E-state index in [1.165, 1.54) is 18.9 Å². The second kappa shape index (κ2) is 8.67. The van der Waals surface area contributed by atoms with Gasteiger partial charge in [0.05, 0.1) is 34.6 Å².